The molecule has 1 rings (SSSR count). The van der Waals surface area contributed by atoms with E-state index in [1.807, 2.05) is 6.92 Å². The third kappa shape index (κ3) is 4.06. The maximum absolute atomic E-state index is 12.1. The van der Waals surface area contributed by atoms with Gasteiger partial charge in [0, 0.05) is 12.6 Å². The number of rotatable bonds is 7. The summed E-state index contributed by atoms with van der Waals surface area (Å²) in [6.45, 7) is 4.13. The van der Waals surface area contributed by atoms with Crippen molar-refractivity contribution in [1.29, 1.82) is 0 Å². The van der Waals surface area contributed by atoms with Crippen molar-refractivity contribution in [3.8, 4) is 0 Å². The topological polar surface area (TPSA) is 75.6 Å². The van der Waals surface area contributed by atoms with E-state index in [-0.39, 0.29) is 17.5 Å². The van der Waals surface area contributed by atoms with Crippen LogP contribution < -0.4 is 4.72 Å². The zero-order valence-electron chi connectivity index (χ0n) is 10.6. The monoisotopic (exact) mass is 273 g/mol. The summed E-state index contributed by atoms with van der Waals surface area (Å²) in [5, 5.41) is 9.14. The highest BCUT2D eigenvalue weighted by Gasteiger charge is 2.20. The third-order valence-electron chi connectivity index (χ3n) is 2.36. The Morgan fingerprint density at radius 3 is 2.67 bits per heavy atom. The van der Waals surface area contributed by atoms with Gasteiger partial charge in [-0.1, -0.05) is 18.2 Å². The molecule has 0 heterocycles. The van der Waals surface area contributed by atoms with Crippen molar-refractivity contribution in [2.45, 2.75) is 31.4 Å². The van der Waals surface area contributed by atoms with Gasteiger partial charge in [0.05, 0.1) is 18.1 Å². The molecule has 0 amide bonds. The number of ether oxygens (including phenoxy) is 1. The Morgan fingerprint density at radius 2 is 2.06 bits per heavy atom. The molecule has 0 aliphatic carbocycles. The summed E-state index contributed by atoms with van der Waals surface area (Å²) < 4.78 is 31.9. The van der Waals surface area contributed by atoms with Crippen LogP contribution in [0.3, 0.4) is 0 Å². The fourth-order valence-electron chi connectivity index (χ4n) is 1.55. The first-order valence-electron chi connectivity index (χ1n) is 5.80. The zero-order chi connectivity index (χ0) is 13.6. The maximum Gasteiger partial charge on any atom is 0.241 e. The van der Waals surface area contributed by atoms with Gasteiger partial charge in [0.1, 0.15) is 0 Å². The summed E-state index contributed by atoms with van der Waals surface area (Å²) in [4.78, 5) is 0.107. The Balaban J connectivity index is 2.86. The minimum atomic E-state index is -3.62. The van der Waals surface area contributed by atoms with E-state index in [9.17, 15) is 8.42 Å². The number of hydrogen-bond acceptors (Lipinski definition) is 4. The molecule has 1 aromatic rings. The summed E-state index contributed by atoms with van der Waals surface area (Å²) in [7, 11) is -3.62. The van der Waals surface area contributed by atoms with Gasteiger partial charge in [-0.25, -0.2) is 13.1 Å². The minimum Gasteiger partial charge on any atom is -0.392 e. The van der Waals surface area contributed by atoms with Crippen LogP contribution in [0.15, 0.2) is 29.2 Å². The molecule has 1 atom stereocenters. The molecule has 0 saturated heterocycles. The fourth-order valence-corrected chi connectivity index (χ4v) is 3.01. The second kappa shape index (κ2) is 6.84. The molecule has 5 nitrogen and oxygen atoms in total. The van der Waals surface area contributed by atoms with Crippen LogP contribution in [-0.4, -0.2) is 32.8 Å². The molecule has 18 heavy (non-hydrogen) atoms. The number of aliphatic hydroxyl groups is 1. The van der Waals surface area contributed by atoms with Gasteiger partial charge < -0.3 is 9.84 Å². The van der Waals surface area contributed by atoms with Crippen LogP contribution in [0.2, 0.25) is 0 Å². The molecule has 102 valence electrons. The average Bonchev–Trinajstić information content (AvgIpc) is 2.35. The van der Waals surface area contributed by atoms with E-state index < -0.39 is 10.0 Å². The number of sulfonamides is 1. The third-order valence-corrected chi connectivity index (χ3v) is 4.05. The minimum absolute atomic E-state index is 0.107. The largest absolute Gasteiger partial charge is 0.392 e. The van der Waals surface area contributed by atoms with Gasteiger partial charge in [-0.05, 0) is 25.5 Å². The summed E-state index contributed by atoms with van der Waals surface area (Å²) >= 11 is 0. The van der Waals surface area contributed by atoms with E-state index in [1.54, 1.807) is 25.1 Å². The van der Waals surface area contributed by atoms with Crippen LogP contribution in [0.25, 0.3) is 0 Å². The predicted octanol–water partition coefficient (Wildman–Crippen LogP) is 0.882. The Labute approximate surface area is 108 Å². The standard InChI is InChI=1S/C12H19NO4S/c1-3-17-9-10(2)13-18(15,16)12-7-5-4-6-11(12)8-14/h4-7,10,13-14H,3,8-9H2,1-2H3. The highest BCUT2D eigenvalue weighted by atomic mass is 32.2. The molecule has 0 bridgehead atoms. The molecule has 0 radical (unpaired) electrons. The van der Waals surface area contributed by atoms with E-state index in [2.05, 4.69) is 4.72 Å². The lowest BCUT2D eigenvalue weighted by Crippen LogP contribution is -2.36. The molecule has 6 heteroatoms. The Bertz CT molecular complexity index is 473. The summed E-state index contributed by atoms with van der Waals surface area (Å²) in [6.07, 6.45) is 0. The first-order chi connectivity index (χ1) is 8.51. The van der Waals surface area contributed by atoms with E-state index in [1.165, 1.54) is 6.07 Å². The highest BCUT2D eigenvalue weighted by molar-refractivity contribution is 7.89. The van der Waals surface area contributed by atoms with Gasteiger partial charge in [-0.3, -0.25) is 0 Å². The van der Waals surface area contributed by atoms with Crippen LogP contribution in [0.4, 0.5) is 0 Å². The quantitative estimate of drug-likeness (QED) is 0.773. The molecule has 2 N–H and O–H groups in total. The average molecular weight is 273 g/mol. The smallest absolute Gasteiger partial charge is 0.241 e. The van der Waals surface area contributed by atoms with Gasteiger partial charge in [0.25, 0.3) is 0 Å². The van der Waals surface area contributed by atoms with Gasteiger partial charge >= 0.3 is 0 Å². The van der Waals surface area contributed by atoms with Gasteiger partial charge in [0.2, 0.25) is 10.0 Å². The molecule has 0 saturated carbocycles. The van der Waals surface area contributed by atoms with Gasteiger partial charge in [0.15, 0.2) is 0 Å². The second-order valence-corrected chi connectivity index (χ2v) is 5.63. The van der Waals surface area contributed by atoms with Gasteiger partial charge in [-0.2, -0.15) is 0 Å². The van der Waals surface area contributed by atoms with Crippen molar-refractivity contribution in [3.05, 3.63) is 29.8 Å². The molecule has 0 fully saturated rings. The lowest BCUT2D eigenvalue weighted by Gasteiger charge is -2.15. The number of hydrogen-bond donors (Lipinski definition) is 2. The molecular weight excluding hydrogens is 254 g/mol. The predicted molar refractivity (Wildman–Crippen MR) is 68.6 cm³/mol. The first kappa shape index (κ1) is 15.1. The Morgan fingerprint density at radius 1 is 1.39 bits per heavy atom. The van der Waals surface area contributed by atoms with E-state index >= 15 is 0 Å². The first-order valence-corrected chi connectivity index (χ1v) is 7.28. The Hall–Kier alpha value is -0.950. The summed E-state index contributed by atoms with van der Waals surface area (Å²) in [5.74, 6) is 0. The molecule has 1 unspecified atom stereocenters. The molecule has 0 spiro atoms. The fraction of sp³-hybridized carbons (Fsp3) is 0.500. The van der Waals surface area contributed by atoms with Crippen molar-refractivity contribution < 1.29 is 18.3 Å². The van der Waals surface area contributed by atoms with E-state index in [4.69, 9.17) is 9.84 Å². The van der Waals surface area contributed by atoms with Crippen molar-refractivity contribution >= 4 is 10.0 Å². The van der Waals surface area contributed by atoms with Crippen LogP contribution in [0, 0.1) is 0 Å². The van der Waals surface area contributed by atoms with Gasteiger partial charge in [-0.15, -0.1) is 0 Å². The van der Waals surface area contributed by atoms with E-state index in [0.717, 1.165) is 0 Å². The van der Waals surface area contributed by atoms with Crippen LogP contribution in [0.1, 0.15) is 19.4 Å². The van der Waals surface area contributed by atoms with Crippen molar-refractivity contribution in [1.82, 2.24) is 4.72 Å². The van der Waals surface area contributed by atoms with Crippen molar-refractivity contribution in [2.24, 2.45) is 0 Å². The lowest BCUT2D eigenvalue weighted by atomic mass is 10.2. The highest BCUT2D eigenvalue weighted by Crippen LogP contribution is 2.15. The van der Waals surface area contributed by atoms with Crippen LogP contribution in [0.5, 0.6) is 0 Å². The molecule has 0 aliphatic heterocycles. The van der Waals surface area contributed by atoms with Crippen molar-refractivity contribution in [2.75, 3.05) is 13.2 Å². The molecule has 0 aromatic heterocycles. The van der Waals surface area contributed by atoms with Crippen molar-refractivity contribution in [3.63, 3.8) is 0 Å². The lowest BCUT2D eigenvalue weighted by molar-refractivity contribution is 0.133. The number of nitrogens with one attached hydrogen (secondary N) is 1. The zero-order valence-corrected chi connectivity index (χ0v) is 11.4. The maximum atomic E-state index is 12.1. The number of benzene rings is 1. The summed E-state index contributed by atoms with van der Waals surface area (Å²) in [5.41, 5.74) is 0.383. The van der Waals surface area contributed by atoms with Crippen LogP contribution in [-0.2, 0) is 21.4 Å². The molecule has 1 aromatic carbocycles. The second-order valence-electron chi connectivity index (χ2n) is 3.95. The van der Waals surface area contributed by atoms with Crippen LogP contribution >= 0.6 is 0 Å². The summed E-state index contributed by atoms with van der Waals surface area (Å²) in [6, 6.07) is 6.06. The SMILES string of the molecule is CCOCC(C)NS(=O)(=O)c1ccccc1CO. The van der Waals surface area contributed by atoms with E-state index in [0.29, 0.717) is 18.8 Å². The molecular formula is C12H19NO4S. The molecule has 0 aliphatic rings. The normalized spacial score (nSPS) is 13.5. The Kier molecular flexibility index (Phi) is 5.74. The number of aliphatic hydroxyl groups excluding tert-OH is 1.